The lowest BCUT2D eigenvalue weighted by Gasteiger charge is -2.14. The van der Waals surface area contributed by atoms with Gasteiger partial charge in [0.2, 0.25) is 5.95 Å². The lowest BCUT2D eigenvalue weighted by atomic mass is 10.2. The van der Waals surface area contributed by atoms with Gasteiger partial charge in [-0.05, 0) is 37.3 Å². The number of aromatic nitrogens is 2. The third-order valence-electron chi connectivity index (χ3n) is 3.96. The third-order valence-corrected chi connectivity index (χ3v) is 4.66. The van der Waals surface area contributed by atoms with Crippen LogP contribution in [0.15, 0.2) is 59.6 Å². The fourth-order valence-corrected chi connectivity index (χ4v) is 2.82. The van der Waals surface area contributed by atoms with E-state index >= 15 is 0 Å². The highest BCUT2D eigenvalue weighted by molar-refractivity contribution is 7.73. The van der Waals surface area contributed by atoms with Gasteiger partial charge in [0.05, 0.1) is 18.4 Å². The summed E-state index contributed by atoms with van der Waals surface area (Å²) < 4.78 is 18.4. The highest BCUT2D eigenvalue weighted by Gasteiger charge is 2.09. The van der Waals surface area contributed by atoms with Crippen LogP contribution >= 0.6 is 0 Å². The number of benzene rings is 2. The highest BCUT2D eigenvalue weighted by Crippen LogP contribution is 2.19. The van der Waals surface area contributed by atoms with Crippen molar-refractivity contribution in [3.8, 4) is 17.6 Å². The minimum Gasteiger partial charge on any atom is -0.508 e. The highest BCUT2D eigenvalue weighted by atomic mass is 32.2. The number of anilines is 3. The number of nitrogens with zero attached hydrogens (tertiary/aromatic N) is 2. The fourth-order valence-electron chi connectivity index (χ4n) is 2.44. The number of hydrogen-bond acceptors (Lipinski definition) is 9. The van der Waals surface area contributed by atoms with Gasteiger partial charge in [-0.25, -0.2) is 4.98 Å². The maximum atomic E-state index is 11.2. The van der Waals surface area contributed by atoms with Gasteiger partial charge in [0.15, 0.2) is 0 Å². The SMILES string of the molecule is C[C@H](CO)Nc1nc(Nc2ccc([S-](=N)=O)cc2)ncc1C#Cc1cccc(O)c1. The van der Waals surface area contributed by atoms with E-state index < -0.39 is 10.6 Å². The molecule has 1 heterocycles. The molecule has 3 aromatic rings. The summed E-state index contributed by atoms with van der Waals surface area (Å²) in [4.78, 5) is 9.13. The van der Waals surface area contributed by atoms with E-state index in [9.17, 15) is 14.4 Å². The molecule has 0 spiro atoms. The molecule has 9 heteroatoms. The number of aliphatic hydroxyl groups is 1. The van der Waals surface area contributed by atoms with E-state index in [1.165, 1.54) is 0 Å². The maximum absolute atomic E-state index is 11.2. The second-order valence-corrected chi connectivity index (χ2v) is 7.41. The van der Waals surface area contributed by atoms with Crippen LogP contribution in [-0.4, -0.2) is 32.8 Å². The number of aromatic hydroxyl groups is 1. The Kier molecular flexibility index (Phi) is 6.85. The lowest BCUT2D eigenvalue weighted by Crippen LogP contribution is -2.21. The summed E-state index contributed by atoms with van der Waals surface area (Å²) in [5.41, 5.74) is 1.85. The molecular weight excluding hydrogens is 402 g/mol. The normalized spacial score (nSPS) is 11.4. The molecule has 0 saturated carbocycles. The van der Waals surface area contributed by atoms with E-state index in [2.05, 4.69) is 32.4 Å². The number of hydrogen-bond donors (Lipinski definition) is 5. The number of aliphatic hydroxyl groups excluding tert-OH is 1. The molecule has 0 bridgehead atoms. The first-order valence-corrected chi connectivity index (χ1v) is 10.1. The first-order chi connectivity index (χ1) is 14.4. The second kappa shape index (κ2) is 9.73. The Hall–Kier alpha value is -3.61. The van der Waals surface area contributed by atoms with Gasteiger partial charge < -0.3 is 29.8 Å². The number of phenolic OH excluding ortho intramolecular Hbond substituents is 1. The molecule has 1 aromatic heterocycles. The molecule has 8 nitrogen and oxygen atoms in total. The second-order valence-electron chi connectivity index (χ2n) is 6.40. The van der Waals surface area contributed by atoms with Crippen LogP contribution in [0.25, 0.3) is 0 Å². The monoisotopic (exact) mass is 422 g/mol. The van der Waals surface area contributed by atoms with E-state index in [4.69, 9.17) is 4.78 Å². The Morgan fingerprint density at radius 1 is 1.20 bits per heavy atom. The van der Waals surface area contributed by atoms with E-state index in [1.807, 2.05) is 0 Å². The van der Waals surface area contributed by atoms with Crippen molar-refractivity contribution in [3.05, 3.63) is 65.9 Å². The summed E-state index contributed by atoms with van der Waals surface area (Å²) in [6, 6.07) is 12.9. The Morgan fingerprint density at radius 3 is 2.63 bits per heavy atom. The Balaban J connectivity index is 1.89. The van der Waals surface area contributed by atoms with E-state index in [-0.39, 0.29) is 18.4 Å². The van der Waals surface area contributed by atoms with Crippen LogP contribution in [0.1, 0.15) is 18.1 Å². The quantitative estimate of drug-likeness (QED) is 0.304. The largest absolute Gasteiger partial charge is 0.508 e. The first-order valence-electron chi connectivity index (χ1n) is 9.00. The predicted octanol–water partition coefficient (Wildman–Crippen LogP) is 3.20. The topological polar surface area (TPSA) is 131 Å². The Morgan fingerprint density at radius 2 is 1.97 bits per heavy atom. The molecule has 2 aromatic carbocycles. The van der Waals surface area contributed by atoms with E-state index in [1.54, 1.807) is 61.7 Å². The molecule has 0 radical (unpaired) electrons. The molecule has 0 unspecified atom stereocenters. The summed E-state index contributed by atoms with van der Waals surface area (Å²) in [6.07, 6.45) is 1.56. The van der Waals surface area contributed by atoms with Crippen LogP contribution in [-0.2, 0) is 14.8 Å². The van der Waals surface area contributed by atoms with Crippen LogP contribution in [0.3, 0.4) is 0 Å². The first kappa shape index (κ1) is 21.1. The zero-order chi connectivity index (χ0) is 21.5. The zero-order valence-electron chi connectivity index (χ0n) is 16.1. The van der Waals surface area contributed by atoms with Crippen LogP contribution in [0, 0.1) is 16.6 Å². The van der Waals surface area contributed by atoms with Gasteiger partial charge >= 0.3 is 0 Å². The summed E-state index contributed by atoms with van der Waals surface area (Å²) in [7, 11) is -1.79. The van der Waals surface area contributed by atoms with Crippen molar-refractivity contribution >= 4 is 28.0 Å². The molecule has 0 amide bonds. The average Bonchev–Trinajstić information content (AvgIpc) is 2.73. The van der Waals surface area contributed by atoms with E-state index in [0.29, 0.717) is 33.5 Å². The standard InChI is InChI=1S/C21H20N5O3S/c1-14(13-27)24-20-16(6-5-15-3-2-4-18(28)11-15)12-23-21(26-20)25-17-7-9-19(10-8-17)30(22)29/h2-4,7-12,14,22,27-28H,13H2,1H3,(H2,23,24,25,26)/q-1/t14-/m1/s1. The molecule has 1 atom stereocenters. The zero-order valence-corrected chi connectivity index (χ0v) is 16.9. The van der Waals surface area contributed by atoms with Gasteiger partial charge in [0.1, 0.15) is 11.6 Å². The smallest absolute Gasteiger partial charge is 0.229 e. The van der Waals surface area contributed by atoms with Crippen molar-refractivity contribution in [2.45, 2.75) is 17.9 Å². The van der Waals surface area contributed by atoms with Gasteiger partial charge in [0, 0.05) is 17.3 Å². The molecule has 0 aliphatic carbocycles. The molecule has 5 N–H and O–H groups in total. The molecule has 0 aliphatic rings. The van der Waals surface area contributed by atoms with Gasteiger partial charge in [-0.3, -0.25) is 0 Å². The van der Waals surface area contributed by atoms with Gasteiger partial charge in [0.25, 0.3) is 0 Å². The molecule has 30 heavy (non-hydrogen) atoms. The van der Waals surface area contributed by atoms with Crippen LogP contribution < -0.4 is 10.6 Å². The summed E-state index contributed by atoms with van der Waals surface area (Å²) in [6.45, 7) is 1.72. The Bertz CT molecular complexity index is 1160. The van der Waals surface area contributed by atoms with Gasteiger partial charge in [-0.2, -0.15) is 15.6 Å². The number of nitrogens with one attached hydrogen (secondary N) is 3. The summed E-state index contributed by atoms with van der Waals surface area (Å²) >= 11 is 0. The third kappa shape index (κ3) is 5.70. The van der Waals surface area contributed by atoms with E-state index in [0.717, 1.165) is 0 Å². The molecule has 0 saturated heterocycles. The molecule has 0 aliphatic heterocycles. The summed E-state index contributed by atoms with van der Waals surface area (Å²) in [5, 5.41) is 25.1. The maximum Gasteiger partial charge on any atom is 0.229 e. The molecule has 154 valence electrons. The molecular formula is C21H20N5O3S-. The van der Waals surface area contributed by atoms with Crippen molar-refractivity contribution in [2.24, 2.45) is 0 Å². The van der Waals surface area contributed by atoms with Gasteiger partial charge in [-0.15, -0.1) is 0 Å². The predicted molar refractivity (Wildman–Crippen MR) is 115 cm³/mol. The van der Waals surface area contributed by atoms with Crippen LogP contribution in [0.4, 0.5) is 17.5 Å². The Labute approximate surface area is 176 Å². The average molecular weight is 422 g/mol. The fraction of sp³-hybridized carbons (Fsp3) is 0.143. The van der Waals surface area contributed by atoms with Crippen LogP contribution in [0.5, 0.6) is 5.75 Å². The van der Waals surface area contributed by atoms with Crippen molar-refractivity contribution < 1.29 is 14.4 Å². The van der Waals surface area contributed by atoms with Crippen molar-refractivity contribution in [1.29, 1.82) is 4.78 Å². The van der Waals surface area contributed by atoms with Gasteiger partial charge in [-0.1, -0.05) is 34.9 Å². The van der Waals surface area contributed by atoms with Crippen molar-refractivity contribution in [2.75, 3.05) is 17.2 Å². The minimum atomic E-state index is -1.79. The number of phenols is 1. The lowest BCUT2D eigenvalue weighted by molar-refractivity contribution is 0.281. The molecule has 3 rings (SSSR count). The summed E-state index contributed by atoms with van der Waals surface area (Å²) in [5.74, 6) is 6.83. The minimum absolute atomic E-state index is 0.0854. The van der Waals surface area contributed by atoms with Crippen LogP contribution in [0.2, 0.25) is 0 Å². The number of rotatable bonds is 6. The molecule has 0 fully saturated rings. The van der Waals surface area contributed by atoms with Crippen molar-refractivity contribution in [3.63, 3.8) is 0 Å². The van der Waals surface area contributed by atoms with Crippen molar-refractivity contribution in [1.82, 2.24) is 9.97 Å².